The Kier molecular flexibility index (Phi) is 18.2. The highest BCUT2D eigenvalue weighted by molar-refractivity contribution is 5.97. The third-order valence-electron chi connectivity index (χ3n) is 10.6. The van der Waals surface area contributed by atoms with Crippen molar-refractivity contribution in [1.29, 1.82) is 0 Å². The third kappa shape index (κ3) is 14.1. The molecule has 0 bridgehead atoms. The van der Waals surface area contributed by atoms with E-state index in [2.05, 4.69) is 31.6 Å². The van der Waals surface area contributed by atoms with Crippen LogP contribution in [-0.4, -0.2) is 123 Å². The zero-order valence-electron chi connectivity index (χ0n) is 35.0. The zero-order valence-corrected chi connectivity index (χ0v) is 35.0. The van der Waals surface area contributed by atoms with Gasteiger partial charge in [-0.2, -0.15) is 0 Å². The topological polar surface area (TPSA) is 291 Å². The number of hydrogen-bond acceptors (Lipinski definition) is 10. The average molecular weight is 848 g/mol. The van der Waals surface area contributed by atoms with Crippen LogP contribution in [0.25, 0.3) is 10.9 Å². The molecule has 1 aromatic heterocycles. The van der Waals surface area contributed by atoms with E-state index in [1.165, 1.54) is 11.8 Å². The molecule has 6 amide bonds. The molecule has 0 aliphatic carbocycles. The van der Waals surface area contributed by atoms with Crippen molar-refractivity contribution in [3.05, 3.63) is 71.9 Å². The summed E-state index contributed by atoms with van der Waals surface area (Å²) >= 11 is 0. The van der Waals surface area contributed by atoms with Gasteiger partial charge in [-0.15, -0.1) is 0 Å². The second-order valence-electron chi connectivity index (χ2n) is 16.0. The van der Waals surface area contributed by atoms with Crippen LogP contribution >= 0.6 is 0 Å². The SMILES string of the molecule is CC(C)C[C@H](NC(=O)[C@H](Cc1c[nH]c2ccccc12)NC(=O)[C@@H](NC(=O)[C@@H]1CCCN1C(=O)[C@H](Cc1ccccc1)NC(=O)CNC(=O)[C@@H](N)CCCCN)[C@@H](C)O)C(=O)O. The van der Waals surface area contributed by atoms with Crippen LogP contribution in [0.4, 0.5) is 0 Å². The van der Waals surface area contributed by atoms with E-state index in [0.717, 1.165) is 16.5 Å². The molecule has 0 radical (unpaired) electrons. The van der Waals surface area contributed by atoms with E-state index < -0.39 is 90.3 Å². The van der Waals surface area contributed by atoms with E-state index in [1.54, 1.807) is 36.5 Å². The molecule has 0 unspecified atom stereocenters. The molecule has 18 nitrogen and oxygen atoms in total. The summed E-state index contributed by atoms with van der Waals surface area (Å²) in [5.74, 6) is -5.47. The number of para-hydroxylation sites is 1. The summed E-state index contributed by atoms with van der Waals surface area (Å²) < 4.78 is 0. The number of benzene rings is 2. The van der Waals surface area contributed by atoms with Gasteiger partial charge < -0.3 is 58.1 Å². The number of nitrogens with zero attached hydrogens (tertiary/aromatic N) is 1. The molecule has 61 heavy (non-hydrogen) atoms. The van der Waals surface area contributed by atoms with E-state index >= 15 is 0 Å². The minimum Gasteiger partial charge on any atom is -0.480 e. The van der Waals surface area contributed by atoms with Gasteiger partial charge in [-0.05, 0) is 68.7 Å². The number of aromatic amines is 1. The van der Waals surface area contributed by atoms with Crippen molar-refractivity contribution in [2.24, 2.45) is 17.4 Å². The van der Waals surface area contributed by atoms with Gasteiger partial charge in [0.1, 0.15) is 30.2 Å². The Labute approximate surface area is 355 Å². The van der Waals surface area contributed by atoms with Gasteiger partial charge in [-0.1, -0.05) is 68.8 Å². The number of hydrogen-bond donors (Lipinski definition) is 10. The third-order valence-corrected chi connectivity index (χ3v) is 10.6. The maximum atomic E-state index is 14.2. The van der Waals surface area contributed by atoms with Gasteiger partial charge in [0.2, 0.25) is 35.4 Å². The van der Waals surface area contributed by atoms with Gasteiger partial charge in [0.15, 0.2) is 0 Å². The number of aliphatic hydroxyl groups is 1. The van der Waals surface area contributed by atoms with Crippen molar-refractivity contribution in [3.63, 3.8) is 0 Å². The summed E-state index contributed by atoms with van der Waals surface area (Å²) in [6, 6.07) is 9.06. The highest BCUT2D eigenvalue weighted by Gasteiger charge is 2.40. The number of H-pyrrole nitrogens is 1. The fourth-order valence-electron chi connectivity index (χ4n) is 7.35. The van der Waals surface area contributed by atoms with Crippen molar-refractivity contribution < 1.29 is 43.8 Å². The molecule has 332 valence electrons. The van der Waals surface area contributed by atoms with Gasteiger partial charge >= 0.3 is 5.97 Å². The highest BCUT2D eigenvalue weighted by atomic mass is 16.4. The Bertz CT molecular complexity index is 1970. The minimum atomic E-state index is -1.58. The molecule has 3 aromatic rings. The molecule has 2 heterocycles. The standard InChI is InChI=1S/C43H61N9O9/c1-25(2)20-34(43(60)61)50-39(56)32(22-28-23-46-31-16-8-7-14-29(28)31)49-41(58)37(26(3)53)51-40(57)35-17-11-19-52(35)42(59)33(21-27-12-5-4-6-13-27)48-36(54)24-47-38(55)30(45)15-9-10-18-44/h4-8,12-14,16,23,25-26,30,32-35,37,46,53H,9-11,15,17-22,24,44-45H2,1-3H3,(H,47,55)(H,48,54)(H,49,58)(H,50,56)(H,51,57)(H,60,61)/t26-,30+,32+,33+,34+,35+,37+/m1/s1. The van der Waals surface area contributed by atoms with Crippen LogP contribution in [0.3, 0.4) is 0 Å². The molecular weight excluding hydrogens is 787 g/mol. The second kappa shape index (κ2) is 23.2. The Morgan fingerprint density at radius 2 is 1.52 bits per heavy atom. The lowest BCUT2D eigenvalue weighted by atomic mass is 10.0. The number of carbonyl (C=O) groups excluding carboxylic acids is 6. The van der Waals surface area contributed by atoms with Crippen LogP contribution < -0.4 is 38.1 Å². The molecule has 1 aliphatic rings. The van der Waals surface area contributed by atoms with Crippen LogP contribution in [0.15, 0.2) is 60.8 Å². The van der Waals surface area contributed by atoms with Crippen molar-refractivity contribution in [3.8, 4) is 0 Å². The van der Waals surface area contributed by atoms with E-state index in [9.17, 15) is 43.8 Å². The average Bonchev–Trinajstić information content (AvgIpc) is 3.89. The van der Waals surface area contributed by atoms with E-state index in [0.29, 0.717) is 37.8 Å². The predicted molar refractivity (Wildman–Crippen MR) is 227 cm³/mol. The number of carbonyl (C=O) groups is 7. The summed E-state index contributed by atoms with van der Waals surface area (Å²) in [6.45, 7) is 5.10. The first kappa shape index (κ1) is 47.8. The largest absolute Gasteiger partial charge is 0.480 e. The van der Waals surface area contributed by atoms with Crippen molar-refractivity contribution in [2.45, 2.75) is 114 Å². The maximum Gasteiger partial charge on any atom is 0.326 e. The predicted octanol–water partition coefficient (Wildman–Crippen LogP) is -0.0327. The molecule has 1 aliphatic heterocycles. The monoisotopic (exact) mass is 847 g/mol. The number of likely N-dealkylation sites (tertiary alicyclic amines) is 1. The van der Waals surface area contributed by atoms with Crippen LogP contribution in [0, 0.1) is 5.92 Å². The normalized spacial score (nSPS) is 16.8. The molecule has 0 spiro atoms. The number of unbranched alkanes of at least 4 members (excludes halogenated alkanes) is 1. The molecule has 7 atom stereocenters. The first-order valence-electron chi connectivity index (χ1n) is 20.8. The van der Waals surface area contributed by atoms with Crippen LogP contribution in [0.2, 0.25) is 0 Å². The van der Waals surface area contributed by atoms with Gasteiger partial charge in [-0.3, -0.25) is 28.8 Å². The number of fused-ring (bicyclic) bond motifs is 1. The molecular formula is C43H61N9O9. The Morgan fingerprint density at radius 3 is 2.20 bits per heavy atom. The van der Waals surface area contributed by atoms with Gasteiger partial charge in [0.05, 0.1) is 18.7 Å². The molecule has 12 N–H and O–H groups in total. The number of carboxylic acid groups (broad SMARTS) is 1. The van der Waals surface area contributed by atoms with Crippen LogP contribution in [-0.2, 0) is 46.4 Å². The number of aliphatic carboxylic acids is 1. The molecule has 1 fully saturated rings. The summed E-state index contributed by atoms with van der Waals surface area (Å²) in [5, 5.41) is 34.4. The number of carboxylic acids is 1. The second-order valence-corrected chi connectivity index (χ2v) is 16.0. The number of amides is 6. The van der Waals surface area contributed by atoms with E-state index in [1.807, 2.05) is 38.1 Å². The van der Waals surface area contributed by atoms with Crippen LogP contribution in [0.1, 0.15) is 70.4 Å². The zero-order chi connectivity index (χ0) is 44.6. The molecule has 18 heteroatoms. The fraction of sp³-hybridized carbons (Fsp3) is 0.512. The minimum absolute atomic E-state index is 0.0548. The summed E-state index contributed by atoms with van der Waals surface area (Å²) in [6.07, 6.45) is 2.75. The fourth-order valence-corrected chi connectivity index (χ4v) is 7.35. The smallest absolute Gasteiger partial charge is 0.326 e. The number of rotatable bonds is 23. The summed E-state index contributed by atoms with van der Waals surface area (Å²) in [7, 11) is 0. The van der Waals surface area contributed by atoms with Gasteiger partial charge in [0, 0.05) is 36.5 Å². The van der Waals surface area contributed by atoms with E-state index in [-0.39, 0.29) is 38.1 Å². The van der Waals surface area contributed by atoms with Gasteiger partial charge in [-0.25, -0.2) is 4.79 Å². The van der Waals surface area contributed by atoms with Gasteiger partial charge in [0.25, 0.3) is 0 Å². The lowest BCUT2D eigenvalue weighted by Crippen LogP contribution is -2.61. The molecule has 1 saturated heterocycles. The van der Waals surface area contributed by atoms with Crippen molar-refractivity contribution in [1.82, 2.24) is 36.5 Å². The quantitative estimate of drug-likeness (QED) is 0.0566. The van der Waals surface area contributed by atoms with Crippen molar-refractivity contribution in [2.75, 3.05) is 19.6 Å². The number of nitrogens with one attached hydrogen (secondary N) is 6. The first-order chi connectivity index (χ1) is 29.1. The maximum absolute atomic E-state index is 14.2. The molecule has 2 aromatic carbocycles. The number of aromatic nitrogens is 1. The Morgan fingerprint density at radius 1 is 0.836 bits per heavy atom. The number of aliphatic hydroxyl groups excluding tert-OH is 1. The summed E-state index contributed by atoms with van der Waals surface area (Å²) in [4.78, 5) is 98.0. The molecule has 0 saturated carbocycles. The van der Waals surface area contributed by atoms with Crippen molar-refractivity contribution >= 4 is 52.3 Å². The lowest BCUT2D eigenvalue weighted by molar-refractivity contribution is -0.143. The Balaban J connectivity index is 1.50. The van der Waals surface area contributed by atoms with Crippen LogP contribution in [0.5, 0.6) is 0 Å². The van der Waals surface area contributed by atoms with E-state index in [4.69, 9.17) is 11.5 Å². The summed E-state index contributed by atoms with van der Waals surface area (Å²) in [5.41, 5.74) is 13.6. The molecule has 4 rings (SSSR count). The number of nitrogens with two attached hydrogens (primary N) is 2. The Hall–Kier alpha value is -5.85. The highest BCUT2D eigenvalue weighted by Crippen LogP contribution is 2.22. The lowest BCUT2D eigenvalue weighted by Gasteiger charge is -2.31. The first-order valence-corrected chi connectivity index (χ1v) is 20.8.